The van der Waals surface area contributed by atoms with Gasteiger partial charge in [-0.3, -0.25) is 0 Å². The first-order chi connectivity index (χ1) is 30.3. The molecule has 7 nitrogen and oxygen atoms in total. The Balaban J connectivity index is 0.0000384. The molecule has 0 spiro atoms. The number of hydrogen-bond acceptors (Lipinski definition) is 7. The summed E-state index contributed by atoms with van der Waals surface area (Å²) in [4.78, 5) is 25.3. The Morgan fingerprint density at radius 3 is 1.05 bits per heavy atom. The largest absolute Gasteiger partial charge is 1.00 e. The topological polar surface area (TPSA) is 110 Å². The fourth-order valence-corrected chi connectivity index (χ4v) is 8.76. The minimum Gasteiger partial charge on any atom is -0.744 e. The van der Waals surface area contributed by atoms with E-state index in [0.717, 1.165) is 44.6 Å². The Labute approximate surface area is 431 Å². The van der Waals surface area contributed by atoms with E-state index >= 15 is 0 Å². The SMILES string of the molecule is CCCCCCCC/C=C/CCCCCCCCCCCCCOC(=O)c1cccc(S(=O)(=O)[O-])c1C(=O)OCCCCCCCCCCCCC/C=C/CCCCCCCC.[K+]. The zero-order chi connectivity index (χ0) is 45.0. The van der Waals surface area contributed by atoms with Crippen LogP contribution in [0.3, 0.4) is 0 Å². The smallest absolute Gasteiger partial charge is 0.744 e. The fraction of sp³-hybridized carbons (Fsp3) is 0.778. The van der Waals surface area contributed by atoms with Gasteiger partial charge in [0.15, 0.2) is 0 Å². The van der Waals surface area contributed by atoms with Crippen LogP contribution in [-0.4, -0.2) is 38.1 Å². The summed E-state index contributed by atoms with van der Waals surface area (Å²) in [5, 5.41) is 0. The van der Waals surface area contributed by atoms with E-state index in [2.05, 4.69) is 38.2 Å². The molecule has 63 heavy (non-hydrogen) atoms. The number of allylic oxidation sites excluding steroid dienone is 4. The van der Waals surface area contributed by atoms with Crippen molar-refractivity contribution in [1.29, 1.82) is 0 Å². The molecule has 0 heterocycles. The van der Waals surface area contributed by atoms with E-state index in [1.807, 2.05) is 0 Å². The van der Waals surface area contributed by atoms with Crippen molar-refractivity contribution < 1.29 is 83.4 Å². The number of hydrogen-bond donors (Lipinski definition) is 0. The van der Waals surface area contributed by atoms with E-state index < -0.39 is 32.5 Å². The van der Waals surface area contributed by atoms with Crippen LogP contribution in [0.2, 0.25) is 0 Å². The number of carbonyl (C=O) groups excluding carboxylic acids is 2. The second-order valence-corrected chi connectivity index (χ2v) is 19.2. The molecule has 0 amide bonds. The van der Waals surface area contributed by atoms with Crippen LogP contribution in [0.15, 0.2) is 47.4 Å². The average Bonchev–Trinajstić information content (AvgIpc) is 3.26. The van der Waals surface area contributed by atoms with Crippen molar-refractivity contribution in [2.45, 2.75) is 263 Å². The number of benzene rings is 1. The Hall–Kier alpha value is -0.814. The number of ether oxygens (including phenoxy) is 2. The molecule has 1 aromatic rings. The predicted octanol–water partition coefficient (Wildman–Crippen LogP) is 13.9. The van der Waals surface area contributed by atoms with E-state index in [1.165, 1.54) is 205 Å². The minimum absolute atomic E-state index is 0. The van der Waals surface area contributed by atoms with E-state index in [-0.39, 0.29) is 70.2 Å². The van der Waals surface area contributed by atoms with Gasteiger partial charge in [-0.05, 0) is 76.3 Å². The first-order valence-electron chi connectivity index (χ1n) is 26.1. The molecule has 1 aromatic carbocycles. The molecule has 0 bridgehead atoms. The van der Waals surface area contributed by atoms with Crippen molar-refractivity contribution in [2.24, 2.45) is 0 Å². The fourth-order valence-electron chi connectivity index (χ4n) is 8.07. The Bertz CT molecular complexity index is 1380. The normalized spacial score (nSPS) is 11.7. The van der Waals surface area contributed by atoms with Gasteiger partial charge in [0.05, 0.1) is 29.2 Å². The van der Waals surface area contributed by atoms with Gasteiger partial charge in [-0.1, -0.05) is 224 Å². The third-order valence-corrected chi connectivity index (χ3v) is 12.9. The maximum Gasteiger partial charge on any atom is 1.00 e. The Morgan fingerprint density at radius 2 is 0.730 bits per heavy atom. The van der Waals surface area contributed by atoms with E-state index in [9.17, 15) is 22.6 Å². The van der Waals surface area contributed by atoms with Crippen molar-refractivity contribution in [1.82, 2.24) is 0 Å². The molecule has 0 aliphatic carbocycles. The van der Waals surface area contributed by atoms with Crippen LogP contribution in [0.4, 0.5) is 0 Å². The molecule has 9 heteroatoms. The third kappa shape index (κ3) is 37.9. The van der Waals surface area contributed by atoms with Crippen LogP contribution in [0, 0.1) is 0 Å². The Morgan fingerprint density at radius 1 is 0.444 bits per heavy atom. The zero-order valence-corrected chi connectivity index (χ0v) is 45.0. The van der Waals surface area contributed by atoms with Crippen molar-refractivity contribution in [2.75, 3.05) is 13.2 Å². The van der Waals surface area contributed by atoms with Crippen LogP contribution >= 0.6 is 0 Å². The molecule has 0 aliphatic rings. The summed E-state index contributed by atoms with van der Waals surface area (Å²) in [5.41, 5.74) is -0.773. The van der Waals surface area contributed by atoms with E-state index in [1.54, 1.807) is 0 Å². The van der Waals surface area contributed by atoms with Crippen LogP contribution in [-0.2, 0) is 19.6 Å². The minimum atomic E-state index is -5.02. The van der Waals surface area contributed by atoms with Gasteiger partial charge in [0, 0.05) is 0 Å². The summed E-state index contributed by atoms with van der Waals surface area (Å²) in [6.45, 7) is 4.78. The van der Waals surface area contributed by atoms with Gasteiger partial charge in [-0.25, -0.2) is 18.0 Å². The summed E-state index contributed by atoms with van der Waals surface area (Å²) in [7, 11) is -5.02. The molecule has 0 radical (unpaired) electrons. The van der Waals surface area contributed by atoms with Gasteiger partial charge in [0.1, 0.15) is 10.1 Å². The molecule has 0 fully saturated rings. The number of carbonyl (C=O) groups is 2. The van der Waals surface area contributed by atoms with Crippen LogP contribution < -0.4 is 51.4 Å². The number of rotatable bonds is 45. The maximum absolute atomic E-state index is 13.1. The second-order valence-electron chi connectivity index (χ2n) is 17.8. The molecule has 0 unspecified atom stereocenters. The quantitative estimate of drug-likeness (QED) is 0.0211. The van der Waals surface area contributed by atoms with Crippen molar-refractivity contribution in [3.8, 4) is 0 Å². The molecule has 0 aromatic heterocycles. The summed E-state index contributed by atoms with van der Waals surface area (Å²) in [6, 6.07) is 3.65. The molecule has 0 aliphatic heterocycles. The first-order valence-corrected chi connectivity index (χ1v) is 27.5. The van der Waals surface area contributed by atoms with Gasteiger partial charge in [0.25, 0.3) is 0 Å². The second kappa shape index (κ2) is 46.3. The van der Waals surface area contributed by atoms with Crippen LogP contribution in [0.1, 0.15) is 279 Å². The third-order valence-electron chi connectivity index (χ3n) is 12.0. The molecule has 0 saturated heterocycles. The molecule has 0 saturated carbocycles. The average molecular weight is 925 g/mol. The molecular weight excluding hydrogens is 832 g/mol. The standard InChI is InChI=1S/C54H94O7S.K/c1-3-5-7-9-11-13-15-17-19-21-23-25-27-29-31-33-35-37-39-41-43-48-60-53(55)50-46-45-47-51(62(57,58)59)52(50)54(56)61-49-44-42-40-38-36-34-32-30-28-26-24-22-20-18-16-14-12-10-8-6-4-2;/h17-20,45-47H,3-16,21-44,48-49H2,1-2H3,(H,57,58,59);/q;+1/p-1/b19-17+,20-18+;. The molecule has 358 valence electrons. The zero-order valence-electron chi connectivity index (χ0n) is 41.1. The predicted molar refractivity (Wildman–Crippen MR) is 260 cm³/mol. The first kappa shape index (κ1) is 62.2. The van der Waals surface area contributed by atoms with Gasteiger partial charge < -0.3 is 14.0 Å². The van der Waals surface area contributed by atoms with Gasteiger partial charge in [0.2, 0.25) is 0 Å². The Kier molecular flexibility index (Phi) is 45.7. The van der Waals surface area contributed by atoms with Crippen LogP contribution in [0.5, 0.6) is 0 Å². The van der Waals surface area contributed by atoms with Gasteiger partial charge in [-0.2, -0.15) is 0 Å². The van der Waals surface area contributed by atoms with Crippen molar-refractivity contribution in [3.05, 3.63) is 53.6 Å². The van der Waals surface area contributed by atoms with Gasteiger partial charge >= 0.3 is 63.3 Å². The summed E-state index contributed by atoms with van der Waals surface area (Å²) < 4.78 is 47.0. The molecule has 0 atom stereocenters. The summed E-state index contributed by atoms with van der Waals surface area (Å²) in [5.74, 6) is -1.81. The van der Waals surface area contributed by atoms with E-state index in [4.69, 9.17) is 9.47 Å². The van der Waals surface area contributed by atoms with Crippen molar-refractivity contribution in [3.63, 3.8) is 0 Å². The van der Waals surface area contributed by atoms with Gasteiger partial charge in [-0.15, -0.1) is 0 Å². The maximum atomic E-state index is 13.1. The number of unbranched alkanes of at least 4 members (excludes halogenated alkanes) is 34. The van der Waals surface area contributed by atoms with Crippen LogP contribution in [0.25, 0.3) is 0 Å². The monoisotopic (exact) mass is 925 g/mol. The van der Waals surface area contributed by atoms with E-state index in [0.29, 0.717) is 12.8 Å². The summed E-state index contributed by atoms with van der Waals surface area (Å²) in [6.07, 6.45) is 56.1. The summed E-state index contributed by atoms with van der Waals surface area (Å²) >= 11 is 0. The molecule has 1 rings (SSSR count). The molecular formula is C54H93KO7S. The van der Waals surface area contributed by atoms with Crippen molar-refractivity contribution >= 4 is 22.1 Å². The molecule has 0 N–H and O–H groups in total. The number of esters is 2.